The van der Waals surface area contributed by atoms with E-state index in [0.29, 0.717) is 22.0 Å². The predicted molar refractivity (Wildman–Crippen MR) is 72.8 cm³/mol. The molecule has 0 saturated heterocycles. The third-order valence-electron chi connectivity index (χ3n) is 2.31. The first kappa shape index (κ1) is 13.2. The lowest BCUT2D eigenvalue weighted by atomic mass is 9.80. The normalized spacial score (nSPS) is 10.2. The van der Waals surface area contributed by atoms with Crippen LogP contribution in [0.3, 0.4) is 0 Å². The van der Waals surface area contributed by atoms with Gasteiger partial charge in [-0.3, -0.25) is 0 Å². The lowest BCUT2D eigenvalue weighted by Gasteiger charge is -2.10. The summed E-state index contributed by atoms with van der Waals surface area (Å²) < 4.78 is 5.55. The van der Waals surface area contributed by atoms with Gasteiger partial charge in [-0.25, -0.2) is 0 Å². The van der Waals surface area contributed by atoms with E-state index in [-0.39, 0.29) is 5.02 Å². The van der Waals surface area contributed by atoms with Gasteiger partial charge in [0.25, 0.3) is 0 Å². The summed E-state index contributed by atoms with van der Waals surface area (Å²) in [5.41, 5.74) is 0.298. The van der Waals surface area contributed by atoms with Crippen molar-refractivity contribution in [1.82, 2.24) is 0 Å². The molecule has 0 aliphatic carbocycles. The first-order valence-electron chi connectivity index (χ1n) is 5.16. The Balaban J connectivity index is 2.28. The summed E-state index contributed by atoms with van der Waals surface area (Å²) >= 11 is 11.9. The van der Waals surface area contributed by atoms with E-state index in [9.17, 15) is 0 Å². The van der Waals surface area contributed by atoms with Gasteiger partial charge in [0.2, 0.25) is 0 Å². The average Bonchev–Trinajstić information content (AvgIpc) is 2.34. The fourth-order valence-electron chi connectivity index (χ4n) is 1.41. The highest BCUT2D eigenvalue weighted by Crippen LogP contribution is 2.32. The molecule has 0 fully saturated rings. The molecule has 0 aliphatic heterocycles. The Kier molecular flexibility index (Phi) is 4.14. The molecule has 0 spiro atoms. The van der Waals surface area contributed by atoms with E-state index in [1.54, 1.807) is 30.3 Å². The van der Waals surface area contributed by atoms with Gasteiger partial charge >= 0.3 is 7.12 Å². The van der Waals surface area contributed by atoms with Gasteiger partial charge in [-0.15, -0.1) is 0 Å². The summed E-state index contributed by atoms with van der Waals surface area (Å²) in [4.78, 5) is 0. The van der Waals surface area contributed by atoms with Crippen LogP contribution in [0.2, 0.25) is 10.0 Å². The number of para-hydroxylation sites is 1. The zero-order valence-corrected chi connectivity index (χ0v) is 10.7. The van der Waals surface area contributed by atoms with Crippen molar-refractivity contribution in [3.05, 3.63) is 52.5 Å². The van der Waals surface area contributed by atoms with Crippen molar-refractivity contribution in [2.75, 3.05) is 0 Å². The Morgan fingerprint density at radius 3 is 2.17 bits per heavy atom. The van der Waals surface area contributed by atoms with Gasteiger partial charge in [0.15, 0.2) is 0 Å². The van der Waals surface area contributed by atoms with Crippen LogP contribution < -0.4 is 10.2 Å². The van der Waals surface area contributed by atoms with Gasteiger partial charge in [-0.1, -0.05) is 41.4 Å². The van der Waals surface area contributed by atoms with E-state index in [4.69, 9.17) is 38.0 Å². The van der Waals surface area contributed by atoms with E-state index >= 15 is 0 Å². The summed E-state index contributed by atoms with van der Waals surface area (Å²) in [7, 11) is -1.56. The predicted octanol–water partition coefficient (Wildman–Crippen LogP) is 2.47. The van der Waals surface area contributed by atoms with Crippen molar-refractivity contribution in [2.24, 2.45) is 0 Å². The highest BCUT2D eigenvalue weighted by Gasteiger charge is 2.14. The Bertz CT molecular complexity index is 561. The topological polar surface area (TPSA) is 49.7 Å². The Morgan fingerprint density at radius 1 is 0.889 bits per heavy atom. The van der Waals surface area contributed by atoms with Gasteiger partial charge in [0.05, 0.1) is 10.0 Å². The fraction of sp³-hybridized carbons (Fsp3) is 0. The van der Waals surface area contributed by atoms with Gasteiger partial charge in [0.1, 0.15) is 11.5 Å². The number of rotatable bonds is 3. The molecule has 2 N–H and O–H groups in total. The summed E-state index contributed by atoms with van der Waals surface area (Å²) in [6, 6.07) is 11.5. The molecule has 92 valence electrons. The van der Waals surface area contributed by atoms with Gasteiger partial charge < -0.3 is 14.8 Å². The first-order chi connectivity index (χ1) is 8.58. The molecule has 0 amide bonds. The van der Waals surface area contributed by atoms with E-state index < -0.39 is 7.12 Å². The average molecular weight is 283 g/mol. The second-order valence-electron chi connectivity index (χ2n) is 3.60. The van der Waals surface area contributed by atoms with Gasteiger partial charge in [-0.05, 0) is 29.7 Å². The zero-order valence-electron chi connectivity index (χ0n) is 9.18. The summed E-state index contributed by atoms with van der Waals surface area (Å²) in [6.45, 7) is 0. The van der Waals surface area contributed by atoms with Gasteiger partial charge in [0, 0.05) is 0 Å². The Labute approximate surface area is 115 Å². The molecule has 2 rings (SSSR count). The zero-order chi connectivity index (χ0) is 13.1. The maximum absolute atomic E-state index is 9.01. The Morgan fingerprint density at radius 2 is 1.56 bits per heavy atom. The molecule has 0 unspecified atom stereocenters. The first-order valence-corrected chi connectivity index (χ1v) is 5.91. The molecule has 0 aliphatic rings. The molecule has 0 atom stereocenters. The van der Waals surface area contributed by atoms with Crippen molar-refractivity contribution >= 4 is 35.8 Å². The lowest BCUT2D eigenvalue weighted by molar-refractivity contribution is 0.425. The van der Waals surface area contributed by atoms with E-state index in [1.807, 2.05) is 0 Å². The fourth-order valence-corrected chi connectivity index (χ4v) is 1.81. The van der Waals surface area contributed by atoms with Crippen LogP contribution in [0.15, 0.2) is 42.5 Å². The van der Waals surface area contributed by atoms with Crippen LogP contribution in [0.5, 0.6) is 11.5 Å². The van der Waals surface area contributed by atoms with Crippen molar-refractivity contribution in [1.29, 1.82) is 0 Å². The molecule has 0 saturated carbocycles. The molecule has 2 aromatic carbocycles. The van der Waals surface area contributed by atoms with Crippen LogP contribution in [-0.4, -0.2) is 17.2 Å². The van der Waals surface area contributed by atoms with Crippen LogP contribution in [0.1, 0.15) is 0 Å². The second kappa shape index (κ2) is 5.63. The minimum absolute atomic E-state index is 0.278. The summed E-state index contributed by atoms with van der Waals surface area (Å²) in [6.07, 6.45) is 0. The minimum atomic E-state index is -1.56. The van der Waals surface area contributed by atoms with Crippen LogP contribution in [0.25, 0.3) is 0 Å². The third kappa shape index (κ3) is 2.97. The molecule has 3 nitrogen and oxygen atoms in total. The quantitative estimate of drug-likeness (QED) is 0.851. The molecular weight excluding hydrogens is 274 g/mol. The number of hydrogen-bond acceptors (Lipinski definition) is 3. The minimum Gasteiger partial charge on any atom is -0.454 e. The van der Waals surface area contributed by atoms with Crippen LogP contribution in [-0.2, 0) is 0 Å². The van der Waals surface area contributed by atoms with E-state index in [2.05, 4.69) is 0 Å². The number of ether oxygens (including phenoxy) is 1. The standard InChI is InChI=1S/C12H9BCl2O3/c14-9-3-1-2-4-11(9)18-12-6-5-8(13(16)17)7-10(12)15/h1-7,16-17H. The van der Waals surface area contributed by atoms with Crippen LogP contribution in [0.4, 0.5) is 0 Å². The summed E-state index contributed by atoms with van der Waals surface area (Å²) in [5, 5.41) is 18.8. The van der Waals surface area contributed by atoms with E-state index in [0.717, 1.165) is 0 Å². The maximum Gasteiger partial charge on any atom is 0.488 e. The largest absolute Gasteiger partial charge is 0.488 e. The smallest absolute Gasteiger partial charge is 0.454 e. The monoisotopic (exact) mass is 282 g/mol. The lowest BCUT2D eigenvalue weighted by Crippen LogP contribution is -2.29. The number of benzene rings is 2. The highest BCUT2D eigenvalue weighted by atomic mass is 35.5. The van der Waals surface area contributed by atoms with Crippen molar-refractivity contribution in [2.45, 2.75) is 0 Å². The molecular formula is C12H9BCl2O3. The van der Waals surface area contributed by atoms with Crippen LogP contribution in [0, 0.1) is 0 Å². The van der Waals surface area contributed by atoms with Crippen molar-refractivity contribution in [3.63, 3.8) is 0 Å². The molecule has 18 heavy (non-hydrogen) atoms. The Hall–Kier alpha value is -1.20. The third-order valence-corrected chi connectivity index (χ3v) is 2.92. The number of halogens is 2. The van der Waals surface area contributed by atoms with Crippen molar-refractivity contribution in [3.8, 4) is 11.5 Å². The molecule has 0 aromatic heterocycles. The molecule has 0 radical (unpaired) electrons. The SMILES string of the molecule is OB(O)c1ccc(Oc2ccccc2Cl)c(Cl)c1. The highest BCUT2D eigenvalue weighted by molar-refractivity contribution is 6.59. The molecule has 0 heterocycles. The van der Waals surface area contributed by atoms with Crippen molar-refractivity contribution < 1.29 is 14.8 Å². The molecule has 2 aromatic rings. The second-order valence-corrected chi connectivity index (χ2v) is 4.41. The molecule has 6 heteroatoms. The maximum atomic E-state index is 9.01. The molecule has 0 bridgehead atoms. The van der Waals surface area contributed by atoms with Gasteiger partial charge in [-0.2, -0.15) is 0 Å². The summed E-state index contributed by atoms with van der Waals surface area (Å²) in [5.74, 6) is 0.882. The van der Waals surface area contributed by atoms with Crippen LogP contribution >= 0.6 is 23.2 Å². The van der Waals surface area contributed by atoms with E-state index in [1.165, 1.54) is 12.1 Å². The number of hydrogen-bond donors (Lipinski definition) is 2.